The second-order valence-electron chi connectivity index (χ2n) is 8.53. The Bertz CT molecular complexity index is 1030. The van der Waals surface area contributed by atoms with Gasteiger partial charge in [0.05, 0.1) is 10.6 Å². The van der Waals surface area contributed by atoms with Crippen molar-refractivity contribution in [1.29, 1.82) is 0 Å². The number of sulfonamides is 1. The molecule has 1 aliphatic carbocycles. The second-order valence-corrected chi connectivity index (χ2v) is 10.4. The maximum absolute atomic E-state index is 13.2. The summed E-state index contributed by atoms with van der Waals surface area (Å²) >= 11 is 0. The Balaban J connectivity index is 1.45. The number of piperidine rings is 1. The van der Waals surface area contributed by atoms with Gasteiger partial charge in [-0.1, -0.05) is 30.2 Å². The highest BCUT2D eigenvalue weighted by atomic mass is 32.2. The SMILES string of the molecule is Cc1ccc(-c2ccc(NCCC3=CCCCC3)nn2)cc1S(=O)(=O)N1CCCCC1. The average molecular weight is 441 g/mol. The Hall–Kier alpha value is -2.25. The zero-order valence-electron chi connectivity index (χ0n) is 18.3. The van der Waals surface area contributed by atoms with Crippen molar-refractivity contribution < 1.29 is 8.42 Å². The summed E-state index contributed by atoms with van der Waals surface area (Å²) in [5.74, 6) is 0.744. The minimum absolute atomic E-state index is 0.372. The van der Waals surface area contributed by atoms with E-state index >= 15 is 0 Å². The van der Waals surface area contributed by atoms with Crippen LogP contribution in [-0.4, -0.2) is 42.6 Å². The first-order chi connectivity index (χ1) is 15.0. The van der Waals surface area contributed by atoms with E-state index in [9.17, 15) is 8.42 Å². The van der Waals surface area contributed by atoms with Crippen molar-refractivity contribution in [3.05, 3.63) is 47.5 Å². The zero-order chi connectivity index (χ0) is 21.7. The number of allylic oxidation sites excluding steroid dienone is 1. The van der Waals surface area contributed by atoms with Crippen LogP contribution in [0, 0.1) is 6.92 Å². The smallest absolute Gasteiger partial charge is 0.243 e. The van der Waals surface area contributed by atoms with Crippen molar-refractivity contribution in [3.8, 4) is 11.3 Å². The Morgan fingerprint density at radius 2 is 1.84 bits per heavy atom. The zero-order valence-corrected chi connectivity index (χ0v) is 19.1. The molecule has 0 radical (unpaired) electrons. The van der Waals surface area contributed by atoms with Crippen LogP contribution in [0.3, 0.4) is 0 Å². The van der Waals surface area contributed by atoms with Gasteiger partial charge in [0.25, 0.3) is 0 Å². The number of rotatable bonds is 7. The highest BCUT2D eigenvalue weighted by Crippen LogP contribution is 2.28. The van der Waals surface area contributed by atoms with Crippen LogP contribution in [0.2, 0.25) is 0 Å². The van der Waals surface area contributed by atoms with E-state index in [1.54, 1.807) is 10.4 Å². The minimum atomic E-state index is -3.49. The Morgan fingerprint density at radius 1 is 1.00 bits per heavy atom. The van der Waals surface area contributed by atoms with Gasteiger partial charge in [0.2, 0.25) is 10.0 Å². The lowest BCUT2D eigenvalue weighted by Gasteiger charge is -2.26. The van der Waals surface area contributed by atoms with E-state index in [0.29, 0.717) is 23.7 Å². The molecule has 0 spiro atoms. The largest absolute Gasteiger partial charge is 0.368 e. The van der Waals surface area contributed by atoms with Crippen LogP contribution in [0.15, 0.2) is 46.9 Å². The van der Waals surface area contributed by atoms with Crippen molar-refractivity contribution in [1.82, 2.24) is 14.5 Å². The Labute approximate surface area is 185 Å². The van der Waals surface area contributed by atoms with E-state index in [2.05, 4.69) is 21.6 Å². The Morgan fingerprint density at radius 3 is 2.55 bits per heavy atom. The van der Waals surface area contributed by atoms with Gasteiger partial charge in [0.1, 0.15) is 5.82 Å². The van der Waals surface area contributed by atoms with Gasteiger partial charge in [0.15, 0.2) is 0 Å². The lowest BCUT2D eigenvalue weighted by Crippen LogP contribution is -2.35. The monoisotopic (exact) mass is 440 g/mol. The summed E-state index contributed by atoms with van der Waals surface area (Å²) < 4.78 is 28.0. The molecule has 2 aromatic rings. The summed E-state index contributed by atoms with van der Waals surface area (Å²) in [7, 11) is -3.49. The first-order valence-electron chi connectivity index (χ1n) is 11.4. The number of anilines is 1. The van der Waals surface area contributed by atoms with Gasteiger partial charge in [-0.05, 0) is 75.6 Å². The van der Waals surface area contributed by atoms with Crippen LogP contribution >= 0.6 is 0 Å². The van der Waals surface area contributed by atoms with Crippen LogP contribution in [-0.2, 0) is 10.0 Å². The van der Waals surface area contributed by atoms with Crippen LogP contribution in [0.25, 0.3) is 11.3 Å². The fraction of sp³-hybridized carbons (Fsp3) is 0.500. The van der Waals surface area contributed by atoms with Gasteiger partial charge in [-0.2, -0.15) is 4.31 Å². The van der Waals surface area contributed by atoms with Crippen molar-refractivity contribution in [2.24, 2.45) is 0 Å². The van der Waals surface area contributed by atoms with Crippen molar-refractivity contribution in [3.63, 3.8) is 0 Å². The normalized spacial score (nSPS) is 17.9. The topological polar surface area (TPSA) is 75.2 Å². The van der Waals surface area contributed by atoms with Crippen molar-refractivity contribution in [2.45, 2.75) is 63.2 Å². The molecular formula is C24H32N4O2S. The number of hydrogen-bond donors (Lipinski definition) is 1. The number of aryl methyl sites for hydroxylation is 1. The molecule has 1 fully saturated rings. The summed E-state index contributed by atoms with van der Waals surface area (Å²) in [5, 5.41) is 12.0. The summed E-state index contributed by atoms with van der Waals surface area (Å²) in [6, 6.07) is 9.33. The lowest BCUT2D eigenvalue weighted by atomic mass is 9.97. The average Bonchev–Trinajstić information content (AvgIpc) is 2.81. The molecule has 0 amide bonds. The molecule has 1 aromatic heterocycles. The van der Waals surface area contributed by atoms with E-state index in [4.69, 9.17) is 0 Å². The third-order valence-electron chi connectivity index (χ3n) is 6.22. The first kappa shape index (κ1) is 22.0. The maximum atomic E-state index is 13.2. The standard InChI is InChI=1S/C24H32N4O2S/c1-19-10-11-21(18-23(19)31(29,30)28-16-6-3-7-17-28)22-12-13-24(27-26-22)25-15-14-20-8-4-2-5-9-20/h8,10-13,18H,2-7,9,14-17H2,1H3,(H,25,27). The highest BCUT2D eigenvalue weighted by Gasteiger charge is 2.27. The molecule has 166 valence electrons. The predicted octanol–water partition coefficient (Wildman–Crippen LogP) is 4.93. The molecule has 1 aromatic carbocycles. The molecule has 2 aliphatic rings. The number of hydrogen-bond acceptors (Lipinski definition) is 5. The van der Waals surface area contributed by atoms with Crippen LogP contribution in [0.4, 0.5) is 5.82 Å². The van der Waals surface area contributed by atoms with E-state index in [1.807, 2.05) is 31.2 Å². The predicted molar refractivity (Wildman–Crippen MR) is 124 cm³/mol. The van der Waals surface area contributed by atoms with Gasteiger partial charge in [0, 0.05) is 25.2 Å². The summed E-state index contributed by atoms with van der Waals surface area (Å²) in [6.45, 7) is 3.90. The fourth-order valence-electron chi connectivity index (χ4n) is 4.35. The number of aromatic nitrogens is 2. The number of nitrogens with zero attached hydrogens (tertiary/aromatic N) is 3. The van der Waals surface area contributed by atoms with Gasteiger partial charge in [-0.25, -0.2) is 8.42 Å². The summed E-state index contributed by atoms with van der Waals surface area (Å²) in [5.41, 5.74) is 3.74. The van der Waals surface area contributed by atoms with Gasteiger partial charge >= 0.3 is 0 Å². The minimum Gasteiger partial charge on any atom is -0.368 e. The molecule has 1 N–H and O–H groups in total. The molecule has 7 heteroatoms. The van der Waals surface area contributed by atoms with Gasteiger partial charge in [-0.3, -0.25) is 0 Å². The molecule has 0 unspecified atom stereocenters. The molecule has 0 atom stereocenters. The molecular weight excluding hydrogens is 408 g/mol. The van der Waals surface area contributed by atoms with Crippen molar-refractivity contribution >= 4 is 15.8 Å². The molecule has 4 rings (SSSR count). The quantitative estimate of drug-likeness (QED) is 0.618. The van der Waals surface area contributed by atoms with Crippen molar-refractivity contribution in [2.75, 3.05) is 25.0 Å². The third kappa shape index (κ3) is 5.33. The first-order valence-corrected chi connectivity index (χ1v) is 12.8. The van der Waals surface area contributed by atoms with E-state index in [1.165, 1.54) is 31.3 Å². The van der Waals surface area contributed by atoms with Gasteiger partial charge < -0.3 is 5.32 Å². The molecule has 1 aliphatic heterocycles. The van der Waals surface area contributed by atoms with E-state index in [-0.39, 0.29) is 0 Å². The maximum Gasteiger partial charge on any atom is 0.243 e. The van der Waals surface area contributed by atoms with E-state index < -0.39 is 10.0 Å². The summed E-state index contributed by atoms with van der Waals surface area (Å²) in [4.78, 5) is 0.372. The fourth-order valence-corrected chi connectivity index (χ4v) is 6.11. The van der Waals surface area contributed by atoms with Crippen LogP contribution in [0.5, 0.6) is 0 Å². The molecule has 31 heavy (non-hydrogen) atoms. The number of nitrogens with one attached hydrogen (secondary N) is 1. The molecule has 1 saturated heterocycles. The van der Waals surface area contributed by atoms with Crippen LogP contribution in [0.1, 0.15) is 56.9 Å². The highest BCUT2D eigenvalue weighted by molar-refractivity contribution is 7.89. The van der Waals surface area contributed by atoms with E-state index in [0.717, 1.165) is 49.2 Å². The third-order valence-corrected chi connectivity index (χ3v) is 8.26. The molecule has 2 heterocycles. The lowest BCUT2D eigenvalue weighted by molar-refractivity contribution is 0.346. The molecule has 0 saturated carbocycles. The number of benzene rings is 1. The van der Waals surface area contributed by atoms with Gasteiger partial charge in [-0.15, -0.1) is 10.2 Å². The summed E-state index contributed by atoms with van der Waals surface area (Å²) in [6.07, 6.45) is 11.4. The Kier molecular flexibility index (Phi) is 7.02. The van der Waals surface area contributed by atoms with Crippen LogP contribution < -0.4 is 5.32 Å². The second kappa shape index (κ2) is 9.92. The molecule has 0 bridgehead atoms. The molecule has 6 nitrogen and oxygen atoms in total.